The molecule has 1 unspecified atom stereocenters. The third kappa shape index (κ3) is 5.79. The summed E-state index contributed by atoms with van der Waals surface area (Å²) >= 11 is 6.14. The van der Waals surface area contributed by atoms with Crippen LogP contribution in [0.3, 0.4) is 0 Å². The highest BCUT2D eigenvalue weighted by molar-refractivity contribution is 7.89. The minimum absolute atomic E-state index is 0.0852. The summed E-state index contributed by atoms with van der Waals surface area (Å²) in [5.41, 5.74) is 1.17. The van der Waals surface area contributed by atoms with E-state index in [1.807, 2.05) is 6.92 Å². The van der Waals surface area contributed by atoms with Crippen LogP contribution < -0.4 is 15.4 Å². The molecule has 2 amide bonds. The van der Waals surface area contributed by atoms with E-state index in [1.54, 1.807) is 19.1 Å². The summed E-state index contributed by atoms with van der Waals surface area (Å²) in [4.78, 5) is 23.6. The molecule has 0 fully saturated rings. The molecule has 150 valence electrons. The average molecular weight is 424 g/mol. The van der Waals surface area contributed by atoms with Gasteiger partial charge in [-0.1, -0.05) is 18.5 Å². The number of sulfonamides is 1. The highest BCUT2D eigenvalue weighted by Gasteiger charge is 2.17. The second-order valence-electron chi connectivity index (χ2n) is 6.28. The molecule has 9 heteroatoms. The number of rotatable bonds is 7. The quantitative estimate of drug-likeness (QED) is 0.632. The second kappa shape index (κ2) is 9.18. The van der Waals surface area contributed by atoms with Crippen molar-refractivity contribution in [2.24, 2.45) is 0 Å². The lowest BCUT2D eigenvalue weighted by atomic mass is 10.2. The van der Waals surface area contributed by atoms with E-state index >= 15 is 0 Å². The Morgan fingerprint density at radius 3 is 2.25 bits per heavy atom. The van der Waals surface area contributed by atoms with Gasteiger partial charge in [0.25, 0.3) is 5.91 Å². The van der Waals surface area contributed by atoms with Gasteiger partial charge in [-0.25, -0.2) is 13.1 Å². The van der Waals surface area contributed by atoms with Gasteiger partial charge in [0, 0.05) is 24.2 Å². The van der Waals surface area contributed by atoms with Gasteiger partial charge in [0.15, 0.2) is 0 Å². The number of hydrogen-bond acceptors (Lipinski definition) is 4. The highest BCUT2D eigenvalue weighted by Crippen LogP contribution is 2.26. The van der Waals surface area contributed by atoms with Gasteiger partial charge in [0.2, 0.25) is 15.9 Å². The zero-order chi connectivity index (χ0) is 20.9. The molecule has 0 aromatic heterocycles. The number of benzene rings is 2. The first kappa shape index (κ1) is 21.9. The van der Waals surface area contributed by atoms with Crippen molar-refractivity contribution in [1.82, 2.24) is 4.72 Å². The Kier molecular flexibility index (Phi) is 7.17. The summed E-state index contributed by atoms with van der Waals surface area (Å²) in [6.07, 6.45) is 0.668. The number of anilines is 2. The van der Waals surface area contributed by atoms with Crippen LogP contribution in [0.5, 0.6) is 0 Å². The summed E-state index contributed by atoms with van der Waals surface area (Å²) < 4.78 is 27.1. The van der Waals surface area contributed by atoms with Crippen LogP contribution in [0.1, 0.15) is 37.6 Å². The van der Waals surface area contributed by atoms with Crippen molar-refractivity contribution in [2.75, 3.05) is 10.6 Å². The van der Waals surface area contributed by atoms with E-state index in [0.717, 1.165) is 0 Å². The number of amides is 2. The molecule has 3 N–H and O–H groups in total. The van der Waals surface area contributed by atoms with E-state index in [1.165, 1.54) is 37.3 Å². The summed E-state index contributed by atoms with van der Waals surface area (Å²) in [7, 11) is -3.63. The van der Waals surface area contributed by atoms with E-state index in [0.29, 0.717) is 17.8 Å². The molecule has 0 aliphatic rings. The molecule has 2 aromatic rings. The predicted octanol–water partition coefficient (Wildman–Crippen LogP) is 3.63. The van der Waals surface area contributed by atoms with Crippen molar-refractivity contribution < 1.29 is 18.0 Å². The van der Waals surface area contributed by atoms with Gasteiger partial charge < -0.3 is 10.6 Å². The lowest BCUT2D eigenvalue weighted by Crippen LogP contribution is -2.32. The fourth-order valence-electron chi connectivity index (χ4n) is 2.29. The first-order valence-electron chi connectivity index (χ1n) is 8.63. The Morgan fingerprint density at radius 2 is 1.71 bits per heavy atom. The first-order chi connectivity index (χ1) is 13.1. The Labute approximate surface area is 169 Å². The van der Waals surface area contributed by atoms with Crippen LogP contribution in [0, 0.1) is 0 Å². The maximum atomic E-state index is 12.4. The highest BCUT2D eigenvalue weighted by atomic mass is 35.5. The largest absolute Gasteiger partial charge is 0.326 e. The van der Waals surface area contributed by atoms with E-state index in [2.05, 4.69) is 15.4 Å². The smallest absolute Gasteiger partial charge is 0.255 e. The van der Waals surface area contributed by atoms with Crippen LogP contribution in [-0.2, 0) is 14.8 Å². The molecular formula is C19H22ClN3O4S. The number of carbonyl (C=O) groups is 2. The zero-order valence-electron chi connectivity index (χ0n) is 15.7. The van der Waals surface area contributed by atoms with Crippen LogP contribution in [0.15, 0.2) is 47.4 Å². The number of nitrogens with one attached hydrogen (secondary N) is 3. The van der Waals surface area contributed by atoms with E-state index in [4.69, 9.17) is 11.6 Å². The van der Waals surface area contributed by atoms with Crippen LogP contribution in [-0.4, -0.2) is 26.3 Å². The van der Waals surface area contributed by atoms with Crippen molar-refractivity contribution in [3.8, 4) is 0 Å². The Balaban J connectivity index is 2.12. The summed E-state index contributed by atoms with van der Waals surface area (Å²) in [5.74, 6) is -0.668. The monoisotopic (exact) mass is 423 g/mol. The molecule has 0 bridgehead atoms. The topological polar surface area (TPSA) is 104 Å². The minimum atomic E-state index is -3.63. The molecule has 0 heterocycles. The molecular weight excluding hydrogens is 402 g/mol. The molecule has 7 nitrogen and oxygen atoms in total. The first-order valence-corrected chi connectivity index (χ1v) is 10.5. The average Bonchev–Trinajstić information content (AvgIpc) is 2.63. The third-order valence-electron chi connectivity index (χ3n) is 3.93. The zero-order valence-corrected chi connectivity index (χ0v) is 17.3. The Hall–Kier alpha value is -2.42. The van der Waals surface area contributed by atoms with Gasteiger partial charge in [-0.05, 0) is 55.8 Å². The summed E-state index contributed by atoms with van der Waals surface area (Å²) in [6, 6.07) is 10.1. The lowest BCUT2D eigenvalue weighted by molar-refractivity contribution is -0.114. The maximum Gasteiger partial charge on any atom is 0.255 e. The molecule has 2 aromatic carbocycles. The van der Waals surface area contributed by atoms with Gasteiger partial charge >= 0.3 is 0 Å². The van der Waals surface area contributed by atoms with E-state index in [9.17, 15) is 18.0 Å². The molecule has 1 atom stereocenters. The van der Waals surface area contributed by atoms with Crippen molar-refractivity contribution in [3.05, 3.63) is 53.1 Å². The molecule has 0 aliphatic carbocycles. The van der Waals surface area contributed by atoms with Crippen molar-refractivity contribution >= 4 is 44.8 Å². The molecule has 28 heavy (non-hydrogen) atoms. The molecule has 0 saturated heterocycles. The van der Waals surface area contributed by atoms with Gasteiger partial charge in [-0.2, -0.15) is 0 Å². The van der Waals surface area contributed by atoms with Crippen LogP contribution >= 0.6 is 11.6 Å². The normalized spacial score (nSPS) is 12.3. The predicted molar refractivity (Wildman–Crippen MR) is 110 cm³/mol. The van der Waals surface area contributed by atoms with Crippen LogP contribution in [0.2, 0.25) is 5.02 Å². The van der Waals surface area contributed by atoms with Crippen molar-refractivity contribution in [3.63, 3.8) is 0 Å². The van der Waals surface area contributed by atoms with Gasteiger partial charge in [0.1, 0.15) is 0 Å². The fraction of sp³-hybridized carbons (Fsp3) is 0.263. The maximum absolute atomic E-state index is 12.4. The minimum Gasteiger partial charge on any atom is -0.326 e. The van der Waals surface area contributed by atoms with Crippen molar-refractivity contribution in [1.29, 1.82) is 0 Å². The summed E-state index contributed by atoms with van der Waals surface area (Å²) in [6.45, 7) is 5.04. The Bertz CT molecular complexity index is 975. The SMILES string of the molecule is CCC(C)NS(=O)(=O)c1ccc(C(=O)Nc2ccc(NC(C)=O)cc2Cl)cc1. The Morgan fingerprint density at radius 1 is 1.07 bits per heavy atom. The molecule has 0 saturated carbocycles. The molecule has 0 radical (unpaired) electrons. The fourth-order valence-corrected chi connectivity index (χ4v) is 3.85. The van der Waals surface area contributed by atoms with Crippen molar-refractivity contribution in [2.45, 2.75) is 38.1 Å². The van der Waals surface area contributed by atoms with Gasteiger partial charge in [0.05, 0.1) is 15.6 Å². The summed E-state index contributed by atoms with van der Waals surface area (Å²) in [5, 5.41) is 5.52. The van der Waals surface area contributed by atoms with Crippen LogP contribution in [0.4, 0.5) is 11.4 Å². The second-order valence-corrected chi connectivity index (χ2v) is 8.41. The third-order valence-corrected chi connectivity index (χ3v) is 5.85. The number of hydrogen-bond donors (Lipinski definition) is 3. The molecule has 0 spiro atoms. The van der Waals surface area contributed by atoms with Gasteiger partial charge in [-0.15, -0.1) is 0 Å². The van der Waals surface area contributed by atoms with E-state index in [-0.39, 0.29) is 27.4 Å². The van der Waals surface area contributed by atoms with E-state index < -0.39 is 15.9 Å². The number of carbonyl (C=O) groups excluding carboxylic acids is 2. The van der Waals surface area contributed by atoms with Crippen LogP contribution in [0.25, 0.3) is 0 Å². The standard InChI is InChI=1S/C19H22ClN3O4S/c1-4-12(2)23-28(26,27)16-8-5-14(6-9-16)19(25)22-18-10-7-15(11-17(18)20)21-13(3)24/h5-12,23H,4H2,1-3H3,(H,21,24)(H,22,25). The number of halogens is 1. The molecule has 2 rings (SSSR count). The molecule has 0 aliphatic heterocycles. The van der Waals surface area contributed by atoms with Gasteiger partial charge in [-0.3, -0.25) is 9.59 Å². The lowest BCUT2D eigenvalue weighted by Gasteiger charge is -2.13.